The summed E-state index contributed by atoms with van der Waals surface area (Å²) >= 11 is 5.87. The predicted molar refractivity (Wildman–Crippen MR) is 73.1 cm³/mol. The predicted octanol–water partition coefficient (Wildman–Crippen LogP) is 2.27. The Morgan fingerprint density at radius 2 is 2.35 bits per heavy atom. The Morgan fingerprint density at radius 3 is 3.00 bits per heavy atom. The van der Waals surface area contributed by atoms with Crippen LogP contribution in [0.3, 0.4) is 0 Å². The molecule has 0 spiro atoms. The average Bonchev–Trinajstić information content (AvgIpc) is 2.27. The summed E-state index contributed by atoms with van der Waals surface area (Å²) in [5.74, 6) is 1.30. The van der Waals surface area contributed by atoms with Gasteiger partial charge in [0.05, 0.1) is 0 Å². The van der Waals surface area contributed by atoms with Crippen molar-refractivity contribution < 1.29 is 0 Å². The molecule has 0 aliphatic carbocycles. The van der Waals surface area contributed by atoms with Gasteiger partial charge in [-0.15, -0.1) is 12.4 Å². The Bertz CT molecular complexity index is 333. The van der Waals surface area contributed by atoms with Crippen LogP contribution in [0, 0.1) is 12.8 Å². The average molecular weight is 277 g/mol. The molecular weight excluding hydrogens is 259 g/mol. The van der Waals surface area contributed by atoms with Gasteiger partial charge >= 0.3 is 0 Å². The molecule has 1 atom stereocenters. The zero-order chi connectivity index (χ0) is 11.4. The smallest absolute Gasteiger partial charge is 0.224 e. The number of nitrogens with zero attached hydrogens (tertiary/aromatic N) is 2. The molecular formula is C11H18Cl2N4. The molecule has 0 aromatic carbocycles. The number of rotatable bonds is 3. The molecule has 1 aliphatic heterocycles. The number of piperidine rings is 1. The van der Waals surface area contributed by atoms with Gasteiger partial charge < -0.3 is 10.6 Å². The van der Waals surface area contributed by atoms with Gasteiger partial charge in [0.15, 0.2) is 0 Å². The van der Waals surface area contributed by atoms with Crippen LogP contribution < -0.4 is 10.6 Å². The second kappa shape index (κ2) is 6.99. The Balaban J connectivity index is 0.00000144. The maximum atomic E-state index is 5.87. The topological polar surface area (TPSA) is 49.8 Å². The van der Waals surface area contributed by atoms with Gasteiger partial charge in [-0.25, -0.2) is 9.97 Å². The molecule has 1 unspecified atom stereocenters. The van der Waals surface area contributed by atoms with E-state index in [0.717, 1.165) is 25.3 Å². The highest BCUT2D eigenvalue weighted by Gasteiger charge is 2.12. The van der Waals surface area contributed by atoms with Gasteiger partial charge in [0.1, 0.15) is 5.15 Å². The van der Waals surface area contributed by atoms with E-state index in [1.165, 1.54) is 12.8 Å². The van der Waals surface area contributed by atoms with Crippen molar-refractivity contribution in [2.75, 3.05) is 25.0 Å². The molecule has 1 aromatic rings. The lowest BCUT2D eigenvalue weighted by Gasteiger charge is -2.22. The monoisotopic (exact) mass is 276 g/mol. The van der Waals surface area contributed by atoms with Crippen molar-refractivity contribution in [3.63, 3.8) is 0 Å². The molecule has 1 fully saturated rings. The summed E-state index contributed by atoms with van der Waals surface area (Å²) in [6, 6.07) is 1.76. The van der Waals surface area contributed by atoms with Crippen molar-refractivity contribution in [3.8, 4) is 0 Å². The van der Waals surface area contributed by atoms with E-state index in [0.29, 0.717) is 17.0 Å². The maximum Gasteiger partial charge on any atom is 0.224 e. The first-order valence-electron chi connectivity index (χ1n) is 5.70. The third-order valence-electron chi connectivity index (χ3n) is 2.77. The number of aryl methyl sites for hydroxylation is 1. The van der Waals surface area contributed by atoms with Gasteiger partial charge in [0, 0.05) is 12.2 Å². The number of hydrogen-bond donors (Lipinski definition) is 2. The van der Waals surface area contributed by atoms with Crippen molar-refractivity contribution in [3.05, 3.63) is 16.9 Å². The zero-order valence-electron chi connectivity index (χ0n) is 9.87. The number of aromatic nitrogens is 2. The minimum absolute atomic E-state index is 0. The number of anilines is 1. The van der Waals surface area contributed by atoms with Gasteiger partial charge in [-0.2, -0.15) is 0 Å². The largest absolute Gasteiger partial charge is 0.354 e. The molecule has 2 N–H and O–H groups in total. The van der Waals surface area contributed by atoms with E-state index in [1.54, 1.807) is 6.07 Å². The fourth-order valence-electron chi connectivity index (χ4n) is 1.94. The molecule has 17 heavy (non-hydrogen) atoms. The first kappa shape index (κ1) is 14.5. The molecule has 6 heteroatoms. The molecule has 0 amide bonds. The number of nitrogens with one attached hydrogen (secondary N) is 2. The standard InChI is InChI=1S/C11H17ClN4.ClH/c1-8-5-10(12)16-11(15-8)14-7-9-3-2-4-13-6-9;/h5,9,13H,2-4,6-7H2,1H3,(H,14,15,16);1H. The van der Waals surface area contributed by atoms with Crippen LogP contribution in [0.2, 0.25) is 5.15 Å². The fourth-order valence-corrected chi connectivity index (χ4v) is 2.18. The minimum atomic E-state index is 0. The molecule has 1 saturated heterocycles. The van der Waals surface area contributed by atoms with E-state index < -0.39 is 0 Å². The van der Waals surface area contributed by atoms with Crippen LogP contribution in [0.4, 0.5) is 5.95 Å². The molecule has 0 saturated carbocycles. The van der Waals surface area contributed by atoms with Crippen LogP contribution >= 0.6 is 24.0 Å². The highest BCUT2D eigenvalue weighted by atomic mass is 35.5. The van der Waals surface area contributed by atoms with Crippen LogP contribution in [-0.4, -0.2) is 29.6 Å². The summed E-state index contributed by atoms with van der Waals surface area (Å²) in [6.07, 6.45) is 2.52. The normalized spacial score (nSPS) is 19.5. The first-order valence-corrected chi connectivity index (χ1v) is 6.07. The van der Waals surface area contributed by atoms with E-state index in [9.17, 15) is 0 Å². The SMILES string of the molecule is Cc1cc(Cl)nc(NCC2CCCNC2)n1.Cl. The second-order valence-electron chi connectivity index (χ2n) is 4.25. The van der Waals surface area contributed by atoms with Crippen molar-refractivity contribution in [1.29, 1.82) is 0 Å². The molecule has 4 nitrogen and oxygen atoms in total. The van der Waals surface area contributed by atoms with Crippen molar-refractivity contribution in [2.45, 2.75) is 19.8 Å². The van der Waals surface area contributed by atoms with E-state index in [2.05, 4.69) is 20.6 Å². The summed E-state index contributed by atoms with van der Waals surface area (Å²) in [5, 5.41) is 7.13. The molecule has 1 aromatic heterocycles. The summed E-state index contributed by atoms with van der Waals surface area (Å²) in [7, 11) is 0. The lowest BCUT2D eigenvalue weighted by Crippen LogP contribution is -2.33. The minimum Gasteiger partial charge on any atom is -0.354 e. The van der Waals surface area contributed by atoms with Crippen LogP contribution in [0.15, 0.2) is 6.07 Å². The molecule has 96 valence electrons. The Hall–Kier alpha value is -0.580. The van der Waals surface area contributed by atoms with Gasteiger partial charge in [-0.3, -0.25) is 0 Å². The van der Waals surface area contributed by atoms with E-state index in [4.69, 9.17) is 11.6 Å². The van der Waals surface area contributed by atoms with Crippen molar-refractivity contribution in [2.24, 2.45) is 5.92 Å². The second-order valence-corrected chi connectivity index (χ2v) is 4.64. The van der Waals surface area contributed by atoms with Crippen molar-refractivity contribution >= 4 is 30.0 Å². The van der Waals surface area contributed by atoms with Gasteiger partial charge in [-0.05, 0) is 44.8 Å². The van der Waals surface area contributed by atoms with Crippen LogP contribution in [0.1, 0.15) is 18.5 Å². The molecule has 0 bridgehead atoms. The summed E-state index contributed by atoms with van der Waals surface area (Å²) in [4.78, 5) is 8.43. The van der Waals surface area contributed by atoms with Gasteiger partial charge in [-0.1, -0.05) is 11.6 Å². The third kappa shape index (κ3) is 4.66. The Morgan fingerprint density at radius 1 is 1.53 bits per heavy atom. The van der Waals surface area contributed by atoms with E-state index >= 15 is 0 Å². The third-order valence-corrected chi connectivity index (χ3v) is 2.96. The highest BCUT2D eigenvalue weighted by molar-refractivity contribution is 6.29. The zero-order valence-corrected chi connectivity index (χ0v) is 11.4. The summed E-state index contributed by atoms with van der Waals surface area (Å²) in [5.41, 5.74) is 0.893. The first-order chi connectivity index (χ1) is 7.74. The molecule has 1 aliphatic rings. The van der Waals surface area contributed by atoms with E-state index in [1.807, 2.05) is 6.92 Å². The lowest BCUT2D eigenvalue weighted by molar-refractivity contribution is 0.392. The number of hydrogen-bond acceptors (Lipinski definition) is 4. The Labute approximate surface area is 113 Å². The maximum absolute atomic E-state index is 5.87. The van der Waals surface area contributed by atoms with Crippen LogP contribution in [0.5, 0.6) is 0 Å². The van der Waals surface area contributed by atoms with Gasteiger partial charge in [0.25, 0.3) is 0 Å². The van der Waals surface area contributed by atoms with Gasteiger partial charge in [0.2, 0.25) is 5.95 Å². The quantitative estimate of drug-likeness (QED) is 0.832. The fraction of sp³-hybridized carbons (Fsp3) is 0.636. The Kier molecular flexibility index (Phi) is 5.95. The molecule has 2 heterocycles. The lowest BCUT2D eigenvalue weighted by atomic mass is 10.00. The highest BCUT2D eigenvalue weighted by Crippen LogP contribution is 2.13. The van der Waals surface area contributed by atoms with E-state index in [-0.39, 0.29) is 12.4 Å². The molecule has 2 rings (SSSR count). The number of halogens is 2. The van der Waals surface area contributed by atoms with Crippen LogP contribution in [0.25, 0.3) is 0 Å². The van der Waals surface area contributed by atoms with Crippen LogP contribution in [-0.2, 0) is 0 Å². The molecule has 0 radical (unpaired) electrons. The van der Waals surface area contributed by atoms with Crippen molar-refractivity contribution in [1.82, 2.24) is 15.3 Å². The summed E-state index contributed by atoms with van der Waals surface area (Å²) < 4.78 is 0. The summed E-state index contributed by atoms with van der Waals surface area (Å²) in [6.45, 7) is 5.05.